The second kappa shape index (κ2) is 16.6. The molecule has 0 aromatic carbocycles. The van der Waals surface area contributed by atoms with Crippen molar-refractivity contribution in [2.75, 3.05) is 80.5 Å². The summed E-state index contributed by atoms with van der Waals surface area (Å²) in [6, 6.07) is 0. The maximum absolute atomic E-state index is 2.31. The highest BCUT2D eigenvalue weighted by molar-refractivity contribution is 8.21. The van der Waals surface area contributed by atoms with Crippen LogP contribution in [0.1, 0.15) is 0 Å². The fraction of sp³-hybridized carbons (Fsp3) is 1.00. The van der Waals surface area contributed by atoms with Gasteiger partial charge in [-0.1, -0.05) is 0 Å². The maximum atomic E-state index is 2.31. The molecule has 0 nitrogen and oxygen atoms in total. The van der Waals surface area contributed by atoms with Gasteiger partial charge in [0.1, 0.15) is 0 Å². The third-order valence-corrected chi connectivity index (χ3v) is 22.7. The van der Waals surface area contributed by atoms with E-state index in [1.807, 2.05) is 0 Å². The van der Waals surface area contributed by atoms with E-state index in [1.54, 1.807) is 0 Å². The molecule has 31 heavy (non-hydrogen) atoms. The molecule has 0 saturated carbocycles. The van der Waals surface area contributed by atoms with Crippen LogP contribution in [-0.4, -0.2) is 111 Å². The van der Waals surface area contributed by atoms with Crippen molar-refractivity contribution in [2.45, 2.75) is 30.2 Å². The Morgan fingerprint density at radius 1 is 0.516 bits per heavy atom. The second-order valence-electron chi connectivity index (χ2n) is 7.79. The summed E-state index contributed by atoms with van der Waals surface area (Å²) in [5.41, 5.74) is 0. The Morgan fingerprint density at radius 2 is 0.903 bits per heavy atom. The molecule has 0 bridgehead atoms. The topological polar surface area (TPSA) is 0 Å². The van der Waals surface area contributed by atoms with Crippen LogP contribution in [0.15, 0.2) is 0 Å². The fourth-order valence-electron chi connectivity index (χ4n) is 2.94. The molecule has 0 spiro atoms. The number of rotatable bonds is 18. The minimum absolute atomic E-state index is 0.814. The molecule has 0 aromatic rings. The largest absolute Gasteiger partial charge is 0.160 e. The Balaban J connectivity index is 1.12. The van der Waals surface area contributed by atoms with Crippen molar-refractivity contribution >= 4 is 129 Å². The van der Waals surface area contributed by atoms with Gasteiger partial charge in [0, 0.05) is 102 Å². The van der Waals surface area contributed by atoms with Crippen molar-refractivity contribution in [3.05, 3.63) is 0 Å². The predicted molar refractivity (Wildman–Crippen MR) is 174 cm³/mol. The Labute approximate surface area is 237 Å². The van der Waals surface area contributed by atoms with E-state index in [0.717, 1.165) is 30.2 Å². The molecule has 4 saturated heterocycles. The summed E-state index contributed by atoms with van der Waals surface area (Å²) in [7, 11) is 0. The first-order chi connectivity index (χ1) is 15.3. The van der Waals surface area contributed by atoms with E-state index < -0.39 is 0 Å². The van der Waals surface area contributed by atoms with Crippen molar-refractivity contribution in [1.29, 1.82) is 0 Å². The number of hydrogen-bond acceptors (Lipinski definition) is 11. The van der Waals surface area contributed by atoms with Crippen LogP contribution in [0.5, 0.6) is 0 Å². The normalized spacial score (nSPS) is 24.8. The average molecular weight is 627 g/mol. The first-order valence-electron chi connectivity index (χ1n) is 11.0. The van der Waals surface area contributed by atoms with Gasteiger partial charge in [0.15, 0.2) is 0 Å². The molecule has 4 aliphatic rings. The lowest BCUT2D eigenvalue weighted by atomic mass is 10.5. The molecule has 0 N–H and O–H groups in total. The molecule has 0 amide bonds. The van der Waals surface area contributed by atoms with Crippen molar-refractivity contribution < 1.29 is 0 Å². The fourth-order valence-corrected chi connectivity index (χ4v) is 18.6. The van der Waals surface area contributed by atoms with Crippen LogP contribution in [-0.2, 0) is 0 Å². The van der Waals surface area contributed by atoms with E-state index in [2.05, 4.69) is 129 Å². The van der Waals surface area contributed by atoms with Gasteiger partial charge < -0.3 is 0 Å². The van der Waals surface area contributed by atoms with Crippen molar-refractivity contribution in [3.8, 4) is 0 Å². The van der Waals surface area contributed by atoms with Crippen LogP contribution in [0.25, 0.3) is 0 Å². The average Bonchev–Trinajstić information content (AvgIpc) is 2.62. The zero-order valence-electron chi connectivity index (χ0n) is 17.9. The summed E-state index contributed by atoms with van der Waals surface area (Å²) < 4.78 is 1.63. The van der Waals surface area contributed by atoms with Gasteiger partial charge in [0.2, 0.25) is 0 Å². The smallest absolute Gasteiger partial charge is 0.0596 e. The van der Waals surface area contributed by atoms with Crippen molar-refractivity contribution in [2.24, 2.45) is 0 Å². The van der Waals surface area contributed by atoms with Gasteiger partial charge in [-0.05, 0) is 0 Å². The lowest BCUT2D eigenvalue weighted by molar-refractivity contribution is 1.08. The lowest BCUT2D eigenvalue weighted by Gasteiger charge is -2.30. The molecule has 0 aromatic heterocycles. The Bertz CT molecular complexity index is 438. The molecule has 0 aliphatic carbocycles. The van der Waals surface area contributed by atoms with Gasteiger partial charge in [-0.2, -0.15) is 82.3 Å². The van der Waals surface area contributed by atoms with Gasteiger partial charge in [-0.25, -0.2) is 0 Å². The summed E-state index contributed by atoms with van der Waals surface area (Å²) >= 11 is 24.4. The second-order valence-corrected chi connectivity index (χ2v) is 22.2. The molecule has 4 aliphatic heterocycles. The van der Waals surface area contributed by atoms with Crippen molar-refractivity contribution in [1.82, 2.24) is 0 Å². The van der Waals surface area contributed by atoms with Gasteiger partial charge in [0.05, 0.1) is 9.16 Å². The maximum Gasteiger partial charge on any atom is 0.0596 e. The zero-order chi connectivity index (χ0) is 21.1. The molecule has 4 fully saturated rings. The SMILES string of the molecule is C(CSC(CSCC(SCCSC1CSC1)SC1CSC1)SC1CSC1)SC1CSC1. The van der Waals surface area contributed by atoms with E-state index >= 15 is 0 Å². The molecular weight excluding hydrogens is 593 g/mol. The summed E-state index contributed by atoms with van der Waals surface area (Å²) in [4.78, 5) is 0. The minimum Gasteiger partial charge on any atom is -0.160 e. The quantitative estimate of drug-likeness (QED) is 0.112. The van der Waals surface area contributed by atoms with Crippen LogP contribution in [0, 0.1) is 0 Å². The van der Waals surface area contributed by atoms with Crippen LogP contribution < -0.4 is 0 Å². The minimum atomic E-state index is 0.814. The standard InChI is InChI=1S/C20H34S11/c1(26-15-5-21-6-15)3-28-19(30-17-9-23-10-17)13-25-14-20(31-18-11-24-12-18)29-4-2-27-16-7-22-8-16/h15-20H,1-14H2. The summed E-state index contributed by atoms with van der Waals surface area (Å²) in [6.45, 7) is 0. The highest BCUT2D eigenvalue weighted by Crippen LogP contribution is 2.41. The Morgan fingerprint density at radius 3 is 1.23 bits per heavy atom. The number of hydrogen-bond donors (Lipinski definition) is 0. The molecule has 2 unspecified atom stereocenters. The van der Waals surface area contributed by atoms with Crippen molar-refractivity contribution in [3.63, 3.8) is 0 Å². The van der Waals surface area contributed by atoms with Gasteiger partial charge in [-0.3, -0.25) is 0 Å². The van der Waals surface area contributed by atoms with Crippen LogP contribution >= 0.6 is 129 Å². The lowest BCUT2D eigenvalue weighted by Crippen LogP contribution is -2.25. The Hall–Kier alpha value is 3.85. The highest BCUT2D eigenvalue weighted by atomic mass is 32.2. The molecule has 4 heterocycles. The monoisotopic (exact) mass is 626 g/mol. The van der Waals surface area contributed by atoms with E-state index in [4.69, 9.17) is 0 Å². The molecule has 2 atom stereocenters. The van der Waals surface area contributed by atoms with E-state index in [-0.39, 0.29) is 0 Å². The summed E-state index contributed by atoms with van der Waals surface area (Å²) in [5.74, 6) is 19.3. The van der Waals surface area contributed by atoms with Gasteiger partial charge in [-0.15, -0.1) is 47.0 Å². The highest BCUT2D eigenvalue weighted by Gasteiger charge is 2.27. The van der Waals surface area contributed by atoms with E-state index in [0.29, 0.717) is 0 Å². The summed E-state index contributed by atoms with van der Waals surface area (Å²) in [5, 5.41) is 3.81. The first-order valence-corrected chi connectivity index (χ1v) is 22.9. The molecule has 4 rings (SSSR count). The zero-order valence-corrected chi connectivity index (χ0v) is 26.8. The van der Waals surface area contributed by atoms with E-state index in [9.17, 15) is 0 Å². The van der Waals surface area contributed by atoms with E-state index in [1.165, 1.54) is 80.5 Å². The molecule has 0 radical (unpaired) electrons. The van der Waals surface area contributed by atoms with Gasteiger partial charge >= 0.3 is 0 Å². The van der Waals surface area contributed by atoms with Crippen LogP contribution in [0.2, 0.25) is 0 Å². The summed E-state index contributed by atoms with van der Waals surface area (Å²) in [6.07, 6.45) is 0. The molecule has 11 heteroatoms. The molecule has 180 valence electrons. The third-order valence-electron chi connectivity index (χ3n) is 5.11. The predicted octanol–water partition coefficient (Wildman–Crippen LogP) is 7.23. The third kappa shape index (κ3) is 11.0. The van der Waals surface area contributed by atoms with Crippen LogP contribution in [0.4, 0.5) is 0 Å². The van der Waals surface area contributed by atoms with Crippen LogP contribution in [0.3, 0.4) is 0 Å². The number of thioether (sulfide) groups is 11. The molecular formula is C20H34S11. The first kappa shape index (κ1) is 27.9. The Kier molecular flexibility index (Phi) is 15.0. The van der Waals surface area contributed by atoms with Gasteiger partial charge in [0.25, 0.3) is 0 Å².